The molecule has 1 aliphatic rings. The van der Waals surface area contributed by atoms with E-state index in [1.165, 1.54) is 23.9 Å². The lowest BCUT2D eigenvalue weighted by atomic mass is 10.1. The lowest BCUT2D eigenvalue weighted by molar-refractivity contribution is -0.126. The van der Waals surface area contributed by atoms with Crippen molar-refractivity contribution in [1.82, 2.24) is 15.2 Å². The van der Waals surface area contributed by atoms with Crippen LogP contribution < -0.4 is 10.6 Å². The molecule has 0 spiro atoms. The van der Waals surface area contributed by atoms with Crippen LogP contribution in [0.2, 0.25) is 0 Å². The van der Waals surface area contributed by atoms with Gasteiger partial charge in [-0.25, -0.2) is 14.2 Å². The standard InChI is InChI=1S/C32H28FN5O4S/c1-21(35-32(41)42-20-22-7-3-2-4-8-22)29(39)36-26-14-12-24(13-15-26)28-30(40)38(19-23-9-6-16-34-18-23)31(43-28)37-27-11-5-10-25(33)17-27/h2-18,21,28H,19-20H2,1H3,(H,35,41)(H,36,39)/b37-31-/t21-,28?/m0/s1. The number of nitrogens with zero attached hydrogens (tertiary/aromatic N) is 3. The average molecular weight is 598 g/mol. The Morgan fingerprint density at radius 3 is 2.51 bits per heavy atom. The van der Waals surface area contributed by atoms with Gasteiger partial charge in [0.1, 0.15) is 23.7 Å². The van der Waals surface area contributed by atoms with Crippen LogP contribution in [0.4, 0.5) is 20.6 Å². The van der Waals surface area contributed by atoms with Gasteiger partial charge in [-0.15, -0.1) is 0 Å². The van der Waals surface area contributed by atoms with Gasteiger partial charge in [-0.2, -0.15) is 0 Å². The molecule has 2 N–H and O–H groups in total. The molecule has 218 valence electrons. The number of pyridine rings is 1. The predicted octanol–water partition coefficient (Wildman–Crippen LogP) is 5.98. The maximum atomic E-state index is 13.8. The van der Waals surface area contributed by atoms with Crippen LogP contribution in [0.15, 0.2) is 108 Å². The van der Waals surface area contributed by atoms with Crippen molar-refractivity contribution in [3.63, 3.8) is 0 Å². The Balaban J connectivity index is 1.23. The molecule has 11 heteroatoms. The van der Waals surface area contributed by atoms with Crippen LogP contribution in [0.5, 0.6) is 0 Å². The number of carbonyl (C=O) groups excluding carboxylic acids is 3. The third-order valence-corrected chi connectivity index (χ3v) is 7.69. The number of halogens is 1. The number of aliphatic imine (C=N–C) groups is 1. The lowest BCUT2D eigenvalue weighted by Gasteiger charge is -2.17. The first-order valence-electron chi connectivity index (χ1n) is 13.4. The molecule has 0 radical (unpaired) electrons. The molecule has 0 saturated carbocycles. The van der Waals surface area contributed by atoms with Crippen LogP contribution in [-0.4, -0.2) is 39.0 Å². The number of alkyl carbamates (subject to hydrolysis) is 1. The van der Waals surface area contributed by atoms with E-state index in [0.29, 0.717) is 22.1 Å². The number of amides is 3. The van der Waals surface area contributed by atoms with Gasteiger partial charge in [-0.1, -0.05) is 66.4 Å². The molecule has 0 aliphatic carbocycles. The van der Waals surface area contributed by atoms with E-state index >= 15 is 0 Å². The minimum absolute atomic E-state index is 0.0920. The van der Waals surface area contributed by atoms with Gasteiger partial charge in [0.05, 0.1) is 12.2 Å². The Kier molecular flexibility index (Phi) is 9.42. The molecule has 1 unspecified atom stereocenters. The topological polar surface area (TPSA) is 113 Å². The average Bonchev–Trinajstić information content (AvgIpc) is 3.31. The summed E-state index contributed by atoms with van der Waals surface area (Å²) in [5, 5.41) is 5.13. The van der Waals surface area contributed by atoms with Gasteiger partial charge in [-0.3, -0.25) is 19.5 Å². The van der Waals surface area contributed by atoms with Crippen molar-refractivity contribution in [3.8, 4) is 0 Å². The molecular weight excluding hydrogens is 569 g/mol. The first-order valence-corrected chi connectivity index (χ1v) is 14.3. The summed E-state index contributed by atoms with van der Waals surface area (Å²) in [6.45, 7) is 1.91. The van der Waals surface area contributed by atoms with Gasteiger partial charge in [0, 0.05) is 18.1 Å². The molecule has 3 amide bonds. The lowest BCUT2D eigenvalue weighted by Crippen LogP contribution is -2.41. The van der Waals surface area contributed by atoms with E-state index in [4.69, 9.17) is 4.74 Å². The summed E-state index contributed by atoms with van der Waals surface area (Å²) in [7, 11) is 0. The highest BCUT2D eigenvalue weighted by molar-refractivity contribution is 8.15. The molecular formula is C32H28FN5O4S. The molecule has 2 atom stereocenters. The van der Waals surface area contributed by atoms with Gasteiger partial charge in [-0.05, 0) is 60.0 Å². The van der Waals surface area contributed by atoms with Crippen molar-refractivity contribution in [2.45, 2.75) is 31.4 Å². The predicted molar refractivity (Wildman–Crippen MR) is 163 cm³/mol. The number of hydrogen-bond acceptors (Lipinski definition) is 7. The number of ether oxygens (including phenoxy) is 1. The summed E-state index contributed by atoms with van der Waals surface area (Å²) in [5.41, 5.74) is 3.27. The molecule has 2 heterocycles. The van der Waals surface area contributed by atoms with Crippen molar-refractivity contribution < 1.29 is 23.5 Å². The first kappa shape index (κ1) is 29.5. The van der Waals surface area contributed by atoms with E-state index in [1.807, 2.05) is 36.4 Å². The van der Waals surface area contributed by atoms with Crippen LogP contribution in [0.1, 0.15) is 28.9 Å². The maximum absolute atomic E-state index is 13.8. The van der Waals surface area contributed by atoms with E-state index in [-0.39, 0.29) is 19.1 Å². The minimum atomic E-state index is -0.849. The number of aromatic nitrogens is 1. The van der Waals surface area contributed by atoms with Gasteiger partial charge in [0.25, 0.3) is 0 Å². The van der Waals surface area contributed by atoms with Crippen molar-refractivity contribution in [2.75, 3.05) is 5.32 Å². The SMILES string of the molecule is C[C@H](NC(=O)OCc1ccccc1)C(=O)Nc1ccc(C2S/C(=N\c3cccc(F)c3)N(Cc3cccnc3)C2=O)cc1. The third kappa shape index (κ3) is 7.83. The molecule has 43 heavy (non-hydrogen) atoms. The van der Waals surface area contributed by atoms with Crippen LogP contribution in [0.25, 0.3) is 0 Å². The van der Waals surface area contributed by atoms with E-state index in [1.54, 1.807) is 66.7 Å². The number of rotatable bonds is 9. The summed E-state index contributed by atoms with van der Waals surface area (Å²) in [5.74, 6) is -1.02. The summed E-state index contributed by atoms with van der Waals surface area (Å²) < 4.78 is 19.0. The summed E-state index contributed by atoms with van der Waals surface area (Å²) in [4.78, 5) is 48.7. The monoisotopic (exact) mass is 597 g/mol. The van der Waals surface area contributed by atoms with Crippen molar-refractivity contribution >= 4 is 46.2 Å². The first-order chi connectivity index (χ1) is 20.9. The largest absolute Gasteiger partial charge is 0.445 e. The fraction of sp³-hybridized carbons (Fsp3) is 0.156. The van der Waals surface area contributed by atoms with Crippen LogP contribution in [-0.2, 0) is 27.5 Å². The number of hydrogen-bond donors (Lipinski definition) is 2. The van der Waals surface area contributed by atoms with Crippen LogP contribution >= 0.6 is 11.8 Å². The molecule has 1 saturated heterocycles. The number of carbonyl (C=O) groups is 3. The normalized spacial score (nSPS) is 16.1. The summed E-state index contributed by atoms with van der Waals surface area (Å²) in [6.07, 6.45) is 2.63. The maximum Gasteiger partial charge on any atom is 0.408 e. The van der Waals surface area contributed by atoms with E-state index in [0.717, 1.165) is 11.1 Å². The third-order valence-electron chi connectivity index (χ3n) is 6.46. The highest BCUT2D eigenvalue weighted by Crippen LogP contribution is 2.41. The molecule has 4 aromatic rings. The zero-order valence-electron chi connectivity index (χ0n) is 23.1. The molecule has 9 nitrogen and oxygen atoms in total. The van der Waals surface area contributed by atoms with E-state index in [2.05, 4.69) is 20.6 Å². The molecule has 5 rings (SSSR count). The molecule has 1 aromatic heterocycles. The van der Waals surface area contributed by atoms with Crippen LogP contribution in [0.3, 0.4) is 0 Å². The summed E-state index contributed by atoms with van der Waals surface area (Å²) in [6, 6.07) is 24.8. The molecule has 1 fully saturated rings. The minimum Gasteiger partial charge on any atom is -0.445 e. The second kappa shape index (κ2) is 13.8. The Labute approximate surface area is 252 Å². The Morgan fingerprint density at radius 1 is 1.02 bits per heavy atom. The second-order valence-electron chi connectivity index (χ2n) is 9.70. The van der Waals surface area contributed by atoms with E-state index in [9.17, 15) is 18.8 Å². The molecule has 0 bridgehead atoms. The van der Waals surface area contributed by atoms with Gasteiger partial charge >= 0.3 is 6.09 Å². The second-order valence-corrected chi connectivity index (χ2v) is 10.8. The fourth-order valence-corrected chi connectivity index (χ4v) is 5.40. The Hall–Kier alpha value is -5.03. The molecule has 1 aliphatic heterocycles. The fourth-order valence-electron chi connectivity index (χ4n) is 4.23. The van der Waals surface area contributed by atoms with Gasteiger partial charge in [0.15, 0.2) is 5.17 Å². The number of amidine groups is 1. The smallest absolute Gasteiger partial charge is 0.408 e. The number of thioether (sulfide) groups is 1. The highest BCUT2D eigenvalue weighted by atomic mass is 32.2. The van der Waals surface area contributed by atoms with Crippen molar-refractivity contribution in [3.05, 3.63) is 126 Å². The van der Waals surface area contributed by atoms with Crippen molar-refractivity contribution in [2.24, 2.45) is 4.99 Å². The van der Waals surface area contributed by atoms with Crippen molar-refractivity contribution in [1.29, 1.82) is 0 Å². The quantitative estimate of drug-likeness (QED) is 0.246. The highest BCUT2D eigenvalue weighted by Gasteiger charge is 2.39. The van der Waals surface area contributed by atoms with E-state index < -0.39 is 29.1 Å². The molecule has 3 aromatic carbocycles. The zero-order chi connectivity index (χ0) is 30.2. The van der Waals surface area contributed by atoms with Gasteiger partial charge in [0.2, 0.25) is 11.8 Å². The Morgan fingerprint density at radius 2 is 1.79 bits per heavy atom. The van der Waals surface area contributed by atoms with Crippen LogP contribution in [0, 0.1) is 5.82 Å². The number of nitrogens with one attached hydrogen (secondary N) is 2. The summed E-state index contributed by atoms with van der Waals surface area (Å²) >= 11 is 1.27. The zero-order valence-corrected chi connectivity index (χ0v) is 24.0. The number of anilines is 1. The number of benzene rings is 3. The van der Waals surface area contributed by atoms with Gasteiger partial charge < -0.3 is 15.4 Å². The Bertz CT molecular complexity index is 1620.